The van der Waals surface area contributed by atoms with Gasteiger partial charge in [0.15, 0.2) is 5.82 Å². The standard InChI is InChI=1S/C20H31N5O3S/c1-15(2)14-18(23-29(27,28)17-8-6-16(3)7-9-17)20(26)21-19-10-11-25(22-19)13-12-24(4)5/h6-11,15,18,23H,12-14H2,1-5H3,(H,21,22,26)/t18-/m0/s1. The van der Waals surface area contributed by atoms with Crippen LogP contribution in [0.25, 0.3) is 0 Å². The van der Waals surface area contributed by atoms with Crippen molar-refractivity contribution in [3.8, 4) is 0 Å². The monoisotopic (exact) mass is 421 g/mol. The zero-order valence-electron chi connectivity index (χ0n) is 17.7. The van der Waals surface area contributed by atoms with Gasteiger partial charge < -0.3 is 10.2 Å². The lowest BCUT2D eigenvalue weighted by molar-refractivity contribution is -0.118. The fourth-order valence-electron chi connectivity index (χ4n) is 2.72. The van der Waals surface area contributed by atoms with Gasteiger partial charge in [0.2, 0.25) is 15.9 Å². The van der Waals surface area contributed by atoms with Crippen molar-refractivity contribution in [1.29, 1.82) is 0 Å². The highest BCUT2D eigenvalue weighted by Crippen LogP contribution is 2.14. The van der Waals surface area contributed by atoms with Crippen molar-refractivity contribution in [2.45, 2.75) is 44.7 Å². The van der Waals surface area contributed by atoms with E-state index in [2.05, 4.69) is 15.1 Å². The number of nitrogens with one attached hydrogen (secondary N) is 2. The summed E-state index contributed by atoms with van der Waals surface area (Å²) in [5, 5.41) is 7.06. The number of nitrogens with zero attached hydrogens (tertiary/aromatic N) is 3. The smallest absolute Gasteiger partial charge is 0.243 e. The van der Waals surface area contributed by atoms with E-state index in [4.69, 9.17) is 0 Å². The van der Waals surface area contributed by atoms with Crippen LogP contribution in [0.15, 0.2) is 41.4 Å². The topological polar surface area (TPSA) is 96.3 Å². The summed E-state index contributed by atoms with van der Waals surface area (Å²) in [6.07, 6.45) is 2.16. The first-order chi connectivity index (χ1) is 13.6. The van der Waals surface area contributed by atoms with Crippen molar-refractivity contribution in [1.82, 2.24) is 19.4 Å². The molecule has 8 nitrogen and oxygen atoms in total. The summed E-state index contributed by atoms with van der Waals surface area (Å²) in [5.74, 6) is 0.105. The zero-order valence-corrected chi connectivity index (χ0v) is 18.5. The number of likely N-dealkylation sites (N-methyl/N-ethyl adjacent to an activating group) is 1. The van der Waals surface area contributed by atoms with Crippen LogP contribution in [0.2, 0.25) is 0 Å². The maximum absolute atomic E-state index is 12.8. The highest BCUT2D eigenvalue weighted by molar-refractivity contribution is 7.89. The maximum atomic E-state index is 12.8. The molecule has 0 saturated carbocycles. The SMILES string of the molecule is Cc1ccc(S(=O)(=O)N[C@@H](CC(C)C)C(=O)Nc2ccn(CCN(C)C)n2)cc1. The Morgan fingerprint density at radius 2 is 1.83 bits per heavy atom. The van der Waals surface area contributed by atoms with Crippen molar-refractivity contribution in [2.75, 3.05) is 26.0 Å². The average molecular weight is 422 g/mol. The van der Waals surface area contributed by atoms with Crippen LogP contribution in [0.3, 0.4) is 0 Å². The quantitative estimate of drug-likeness (QED) is 0.612. The van der Waals surface area contributed by atoms with E-state index >= 15 is 0 Å². The van der Waals surface area contributed by atoms with E-state index in [1.165, 1.54) is 12.1 Å². The molecule has 0 aliphatic carbocycles. The minimum absolute atomic E-state index is 0.129. The molecule has 1 atom stereocenters. The predicted octanol–water partition coefficient (Wildman–Crippen LogP) is 2.08. The Morgan fingerprint density at radius 1 is 1.17 bits per heavy atom. The van der Waals surface area contributed by atoms with Crippen molar-refractivity contribution in [3.05, 3.63) is 42.1 Å². The Hall–Kier alpha value is -2.23. The van der Waals surface area contributed by atoms with Gasteiger partial charge in [0, 0.05) is 18.8 Å². The van der Waals surface area contributed by atoms with Crippen LogP contribution in [0.1, 0.15) is 25.8 Å². The van der Waals surface area contributed by atoms with E-state index in [0.29, 0.717) is 18.8 Å². The molecule has 2 rings (SSSR count). The number of aromatic nitrogens is 2. The summed E-state index contributed by atoms with van der Waals surface area (Å²) >= 11 is 0. The summed E-state index contributed by atoms with van der Waals surface area (Å²) in [6, 6.07) is 7.34. The number of carbonyl (C=O) groups is 1. The average Bonchev–Trinajstić information content (AvgIpc) is 3.06. The number of hydrogen-bond acceptors (Lipinski definition) is 5. The summed E-state index contributed by atoms with van der Waals surface area (Å²) in [4.78, 5) is 15.0. The van der Waals surface area contributed by atoms with E-state index in [0.717, 1.165) is 12.1 Å². The summed E-state index contributed by atoms with van der Waals surface area (Å²) in [7, 11) is 0.136. The molecule has 0 spiro atoms. The molecular formula is C20H31N5O3S. The number of hydrogen-bond donors (Lipinski definition) is 2. The number of anilines is 1. The minimum Gasteiger partial charge on any atom is -0.308 e. The lowest BCUT2D eigenvalue weighted by atomic mass is 10.0. The van der Waals surface area contributed by atoms with Crippen molar-refractivity contribution >= 4 is 21.7 Å². The lowest BCUT2D eigenvalue weighted by Crippen LogP contribution is -2.44. The molecule has 1 aromatic carbocycles. The van der Waals surface area contributed by atoms with Crippen molar-refractivity contribution in [2.24, 2.45) is 5.92 Å². The van der Waals surface area contributed by atoms with Gasteiger partial charge in [-0.05, 0) is 45.5 Å². The van der Waals surface area contributed by atoms with Gasteiger partial charge in [0.25, 0.3) is 0 Å². The zero-order chi connectivity index (χ0) is 21.6. The van der Waals surface area contributed by atoms with Crippen molar-refractivity contribution in [3.63, 3.8) is 0 Å². The highest BCUT2D eigenvalue weighted by atomic mass is 32.2. The van der Waals surface area contributed by atoms with Gasteiger partial charge in [-0.15, -0.1) is 0 Å². The van der Waals surface area contributed by atoms with Crippen LogP contribution in [0.5, 0.6) is 0 Å². The second-order valence-electron chi connectivity index (χ2n) is 7.87. The predicted molar refractivity (Wildman–Crippen MR) is 114 cm³/mol. The van der Waals surface area contributed by atoms with E-state index in [1.807, 2.05) is 39.8 Å². The molecule has 0 fully saturated rings. The van der Waals surface area contributed by atoms with Crippen LogP contribution >= 0.6 is 0 Å². The van der Waals surface area contributed by atoms with Gasteiger partial charge in [0.05, 0.1) is 11.4 Å². The Morgan fingerprint density at radius 3 is 2.41 bits per heavy atom. The molecule has 0 saturated heterocycles. The van der Waals surface area contributed by atoms with E-state index < -0.39 is 22.0 Å². The summed E-state index contributed by atoms with van der Waals surface area (Å²) in [5.41, 5.74) is 0.963. The largest absolute Gasteiger partial charge is 0.308 e. The molecule has 0 bridgehead atoms. The van der Waals surface area contributed by atoms with E-state index in [9.17, 15) is 13.2 Å². The van der Waals surface area contributed by atoms with E-state index in [-0.39, 0.29) is 10.8 Å². The van der Waals surface area contributed by atoms with Crippen LogP contribution in [0.4, 0.5) is 5.82 Å². The number of aryl methyl sites for hydroxylation is 1. The van der Waals surface area contributed by atoms with Gasteiger partial charge in [-0.3, -0.25) is 9.48 Å². The number of rotatable bonds is 10. The van der Waals surface area contributed by atoms with Gasteiger partial charge >= 0.3 is 0 Å². The summed E-state index contributed by atoms with van der Waals surface area (Å²) < 4.78 is 29.7. The molecule has 0 unspecified atom stereocenters. The molecule has 1 aromatic heterocycles. The number of carbonyl (C=O) groups excluding carboxylic acids is 1. The summed E-state index contributed by atoms with van der Waals surface area (Å²) in [6.45, 7) is 7.28. The maximum Gasteiger partial charge on any atom is 0.243 e. The molecule has 2 aromatic rings. The molecule has 0 aliphatic heterocycles. The Balaban J connectivity index is 2.10. The fourth-order valence-corrected chi connectivity index (χ4v) is 3.93. The molecule has 1 amide bonds. The van der Waals surface area contributed by atoms with Crippen LogP contribution in [-0.4, -0.2) is 55.7 Å². The third-order valence-corrected chi connectivity index (χ3v) is 5.81. The van der Waals surface area contributed by atoms with Gasteiger partial charge in [-0.1, -0.05) is 31.5 Å². The molecular weight excluding hydrogens is 390 g/mol. The van der Waals surface area contributed by atoms with Crippen LogP contribution in [0, 0.1) is 12.8 Å². The lowest BCUT2D eigenvalue weighted by Gasteiger charge is -2.19. The van der Waals surface area contributed by atoms with Gasteiger partial charge in [-0.25, -0.2) is 8.42 Å². The second-order valence-corrected chi connectivity index (χ2v) is 9.59. The third-order valence-electron chi connectivity index (χ3n) is 4.32. The molecule has 0 radical (unpaired) electrons. The number of sulfonamides is 1. The van der Waals surface area contributed by atoms with E-state index in [1.54, 1.807) is 29.1 Å². The first kappa shape index (κ1) is 23.1. The Bertz CT molecular complexity index is 904. The Labute approximate surface area is 173 Å². The third kappa shape index (κ3) is 7.26. The van der Waals surface area contributed by atoms with Crippen LogP contribution < -0.4 is 10.0 Å². The molecule has 1 heterocycles. The van der Waals surface area contributed by atoms with Crippen molar-refractivity contribution < 1.29 is 13.2 Å². The van der Waals surface area contributed by atoms with Gasteiger partial charge in [0.1, 0.15) is 6.04 Å². The first-order valence-electron chi connectivity index (χ1n) is 9.65. The number of benzene rings is 1. The van der Waals surface area contributed by atoms with Crippen LogP contribution in [-0.2, 0) is 21.4 Å². The Kier molecular flexibility index (Phi) is 7.95. The molecule has 29 heavy (non-hydrogen) atoms. The molecule has 9 heteroatoms. The minimum atomic E-state index is -3.81. The normalized spacial score (nSPS) is 13.1. The first-order valence-corrected chi connectivity index (χ1v) is 11.1. The fraction of sp³-hybridized carbons (Fsp3) is 0.500. The molecule has 2 N–H and O–H groups in total. The molecule has 160 valence electrons. The van der Waals surface area contributed by atoms with Gasteiger partial charge in [-0.2, -0.15) is 9.82 Å². The molecule has 0 aliphatic rings. The highest BCUT2D eigenvalue weighted by Gasteiger charge is 2.27. The second kappa shape index (κ2) is 10.00. The number of amides is 1.